The highest BCUT2D eigenvalue weighted by molar-refractivity contribution is 5.86. The number of aryl methyl sites for hydroxylation is 1. The Morgan fingerprint density at radius 3 is 2.65 bits per heavy atom. The van der Waals surface area contributed by atoms with Crippen LogP contribution in [0.3, 0.4) is 0 Å². The van der Waals surface area contributed by atoms with Gasteiger partial charge in [-0.05, 0) is 29.3 Å². The van der Waals surface area contributed by atoms with Crippen LogP contribution < -0.4 is 21.5 Å². The van der Waals surface area contributed by atoms with E-state index in [1.165, 1.54) is 11.6 Å². The normalized spacial score (nSPS) is 15.0. The molecule has 1 fully saturated rings. The molecule has 1 aliphatic rings. The zero-order chi connectivity index (χ0) is 21.5. The van der Waals surface area contributed by atoms with Crippen molar-refractivity contribution in [2.24, 2.45) is 14.1 Å². The molecule has 0 amide bonds. The topological polar surface area (TPSA) is 77.1 Å². The predicted octanol–water partition coefficient (Wildman–Crippen LogP) is 1.43. The van der Waals surface area contributed by atoms with Crippen LogP contribution in [0.25, 0.3) is 21.9 Å². The van der Waals surface area contributed by atoms with Crippen LogP contribution in [0, 0.1) is 0 Å². The molecule has 5 rings (SSSR count). The summed E-state index contributed by atoms with van der Waals surface area (Å²) in [6.45, 7) is 3.96. The van der Waals surface area contributed by atoms with Gasteiger partial charge in [0.25, 0.3) is 5.56 Å². The van der Waals surface area contributed by atoms with Crippen LogP contribution in [-0.4, -0.2) is 44.9 Å². The molecule has 0 bridgehead atoms. The van der Waals surface area contributed by atoms with Crippen molar-refractivity contribution in [1.29, 1.82) is 0 Å². The van der Waals surface area contributed by atoms with Gasteiger partial charge in [-0.15, -0.1) is 0 Å². The average Bonchev–Trinajstić information content (AvgIpc) is 2.96. The summed E-state index contributed by atoms with van der Waals surface area (Å²) in [6, 6.07) is 14.5. The first kappa shape index (κ1) is 19.6. The van der Waals surface area contributed by atoms with E-state index in [1.54, 1.807) is 7.05 Å². The lowest BCUT2D eigenvalue weighted by atomic mass is 10.0. The van der Waals surface area contributed by atoms with Gasteiger partial charge < -0.3 is 10.2 Å². The summed E-state index contributed by atoms with van der Waals surface area (Å²) in [7, 11) is 3.20. The van der Waals surface area contributed by atoms with Gasteiger partial charge in [0.05, 0.1) is 6.54 Å². The van der Waals surface area contributed by atoms with Gasteiger partial charge in [0, 0.05) is 33.7 Å². The zero-order valence-electron chi connectivity index (χ0n) is 17.8. The summed E-state index contributed by atoms with van der Waals surface area (Å²) in [6.07, 6.45) is 0.994. The summed E-state index contributed by atoms with van der Waals surface area (Å²) in [4.78, 5) is 32.8. The van der Waals surface area contributed by atoms with Crippen LogP contribution in [0.1, 0.15) is 12.0 Å². The van der Waals surface area contributed by atoms with Crippen molar-refractivity contribution < 1.29 is 0 Å². The van der Waals surface area contributed by atoms with E-state index in [0.29, 0.717) is 17.7 Å². The van der Waals surface area contributed by atoms with Crippen molar-refractivity contribution in [2.45, 2.75) is 13.0 Å². The summed E-state index contributed by atoms with van der Waals surface area (Å²) in [5.74, 6) is 0.741. The highest BCUT2D eigenvalue weighted by atomic mass is 16.2. The number of aromatic nitrogens is 4. The van der Waals surface area contributed by atoms with Crippen LogP contribution in [0.15, 0.2) is 52.1 Å². The second-order valence-corrected chi connectivity index (χ2v) is 8.10. The number of benzene rings is 2. The fourth-order valence-corrected chi connectivity index (χ4v) is 4.47. The minimum atomic E-state index is -0.364. The van der Waals surface area contributed by atoms with Crippen molar-refractivity contribution in [3.8, 4) is 0 Å². The van der Waals surface area contributed by atoms with Gasteiger partial charge in [-0.3, -0.25) is 18.5 Å². The fourth-order valence-electron chi connectivity index (χ4n) is 4.47. The van der Waals surface area contributed by atoms with Crippen molar-refractivity contribution in [1.82, 2.24) is 24.0 Å². The lowest BCUT2D eigenvalue weighted by Crippen LogP contribution is -2.37. The van der Waals surface area contributed by atoms with Crippen LogP contribution in [0.2, 0.25) is 0 Å². The second-order valence-electron chi connectivity index (χ2n) is 8.10. The zero-order valence-corrected chi connectivity index (χ0v) is 17.8. The standard InChI is InChI=1S/C23H26N6O2/c1-26-20-19(21(30)27(2)23(26)31)29(22(25-20)28-13-6-11-24-12-14-28)15-17-9-5-8-16-7-3-4-10-18(16)17/h3-5,7-10,24H,6,11-15H2,1-2H3. The molecule has 8 nitrogen and oxygen atoms in total. The minimum absolute atomic E-state index is 0.315. The van der Waals surface area contributed by atoms with Gasteiger partial charge >= 0.3 is 5.69 Å². The fraction of sp³-hybridized carbons (Fsp3) is 0.348. The molecule has 4 aromatic rings. The summed E-state index contributed by atoms with van der Waals surface area (Å²) in [5.41, 5.74) is 1.33. The number of nitrogens with one attached hydrogen (secondary N) is 1. The monoisotopic (exact) mass is 418 g/mol. The summed E-state index contributed by atoms with van der Waals surface area (Å²) < 4.78 is 4.62. The molecule has 0 radical (unpaired) electrons. The van der Waals surface area contributed by atoms with Gasteiger partial charge in [-0.2, -0.15) is 4.98 Å². The van der Waals surface area contributed by atoms with Crippen molar-refractivity contribution in [2.75, 3.05) is 31.1 Å². The van der Waals surface area contributed by atoms with E-state index in [4.69, 9.17) is 4.98 Å². The predicted molar refractivity (Wildman–Crippen MR) is 123 cm³/mol. The maximum atomic E-state index is 13.2. The molecule has 0 spiro atoms. The third kappa shape index (κ3) is 3.23. The van der Waals surface area contributed by atoms with Crippen LogP contribution in [-0.2, 0) is 20.6 Å². The van der Waals surface area contributed by atoms with Gasteiger partial charge in [0.2, 0.25) is 5.95 Å². The molecule has 1 saturated heterocycles. The molecule has 3 heterocycles. The van der Waals surface area contributed by atoms with Gasteiger partial charge in [-0.25, -0.2) is 4.79 Å². The van der Waals surface area contributed by atoms with E-state index >= 15 is 0 Å². The van der Waals surface area contributed by atoms with Crippen LogP contribution >= 0.6 is 0 Å². The maximum absolute atomic E-state index is 13.2. The Kier molecular flexibility index (Phi) is 4.86. The lowest BCUT2D eigenvalue weighted by molar-refractivity contribution is 0.700. The molecule has 0 aliphatic carbocycles. The molecule has 0 unspecified atom stereocenters. The van der Waals surface area contributed by atoms with Crippen LogP contribution in [0.4, 0.5) is 5.95 Å². The molecular formula is C23H26N6O2. The first-order valence-corrected chi connectivity index (χ1v) is 10.6. The Morgan fingerprint density at radius 2 is 1.77 bits per heavy atom. The number of rotatable bonds is 3. The molecule has 0 atom stereocenters. The molecule has 1 aliphatic heterocycles. The summed E-state index contributed by atoms with van der Waals surface area (Å²) in [5, 5.41) is 5.72. The van der Waals surface area contributed by atoms with Gasteiger partial charge in [0.15, 0.2) is 11.2 Å². The van der Waals surface area contributed by atoms with Gasteiger partial charge in [0.1, 0.15) is 0 Å². The maximum Gasteiger partial charge on any atom is 0.332 e. The third-order valence-corrected chi connectivity index (χ3v) is 6.16. The SMILES string of the molecule is Cn1c(=O)c2c(nc(N3CCCNCC3)n2Cc2cccc3ccccc23)n(C)c1=O. The molecule has 2 aromatic carbocycles. The quantitative estimate of drug-likeness (QED) is 0.545. The summed E-state index contributed by atoms with van der Waals surface area (Å²) >= 11 is 0. The Labute approximate surface area is 179 Å². The number of hydrogen-bond donors (Lipinski definition) is 1. The second kappa shape index (κ2) is 7.70. The minimum Gasteiger partial charge on any atom is -0.341 e. The molecule has 31 heavy (non-hydrogen) atoms. The highest BCUT2D eigenvalue weighted by Crippen LogP contribution is 2.25. The van der Waals surface area contributed by atoms with E-state index in [1.807, 2.05) is 22.8 Å². The number of nitrogens with zero attached hydrogens (tertiary/aromatic N) is 5. The molecule has 0 saturated carbocycles. The van der Waals surface area contributed by atoms with E-state index in [2.05, 4.69) is 34.5 Å². The smallest absolute Gasteiger partial charge is 0.332 e. The Morgan fingerprint density at radius 1 is 0.968 bits per heavy atom. The van der Waals surface area contributed by atoms with Crippen molar-refractivity contribution in [3.63, 3.8) is 0 Å². The third-order valence-electron chi connectivity index (χ3n) is 6.16. The van der Waals surface area contributed by atoms with E-state index < -0.39 is 0 Å². The lowest BCUT2D eigenvalue weighted by Gasteiger charge is -2.22. The highest BCUT2D eigenvalue weighted by Gasteiger charge is 2.23. The average molecular weight is 419 g/mol. The Balaban J connectivity index is 1.77. The number of fused-ring (bicyclic) bond motifs is 2. The number of hydrogen-bond acceptors (Lipinski definition) is 5. The largest absolute Gasteiger partial charge is 0.341 e. The molecule has 1 N–H and O–H groups in total. The number of anilines is 1. The first-order valence-electron chi connectivity index (χ1n) is 10.6. The van der Waals surface area contributed by atoms with E-state index in [-0.39, 0.29) is 11.2 Å². The van der Waals surface area contributed by atoms with E-state index in [0.717, 1.165) is 59.5 Å². The Bertz CT molecular complexity index is 1380. The van der Waals surface area contributed by atoms with Crippen LogP contribution in [0.5, 0.6) is 0 Å². The van der Waals surface area contributed by atoms with Gasteiger partial charge in [-0.1, -0.05) is 42.5 Å². The van der Waals surface area contributed by atoms with Crippen molar-refractivity contribution >= 4 is 27.9 Å². The molecule has 160 valence electrons. The Hall–Kier alpha value is -3.39. The molecule has 8 heteroatoms. The van der Waals surface area contributed by atoms with Crippen molar-refractivity contribution in [3.05, 3.63) is 68.9 Å². The first-order chi connectivity index (χ1) is 15.1. The molecular weight excluding hydrogens is 392 g/mol. The number of imidazole rings is 1. The van der Waals surface area contributed by atoms with E-state index in [9.17, 15) is 9.59 Å². The molecule has 2 aromatic heterocycles.